The van der Waals surface area contributed by atoms with E-state index in [4.69, 9.17) is 4.74 Å². The average Bonchev–Trinajstić information content (AvgIpc) is 2.70. The molecule has 150 valence electrons. The molecule has 2 atom stereocenters. The van der Waals surface area contributed by atoms with Crippen molar-refractivity contribution in [2.24, 2.45) is 0 Å². The third kappa shape index (κ3) is 4.52. The number of aryl methyl sites for hydroxylation is 1. The number of sulfonamides is 1. The Morgan fingerprint density at radius 1 is 1.07 bits per heavy atom. The molecule has 0 unspecified atom stereocenters. The van der Waals surface area contributed by atoms with Gasteiger partial charge in [-0.05, 0) is 38.0 Å². The van der Waals surface area contributed by atoms with Crippen LogP contribution in [0.5, 0.6) is 0 Å². The lowest BCUT2D eigenvalue weighted by Crippen LogP contribution is -2.52. The molecule has 3 rings (SSSR count). The van der Waals surface area contributed by atoms with Crippen LogP contribution in [0.1, 0.15) is 24.5 Å². The second-order valence-electron chi connectivity index (χ2n) is 7.18. The van der Waals surface area contributed by atoms with E-state index < -0.39 is 22.1 Å². The largest absolute Gasteiger partial charge is 0.395 e. The standard InChI is InChI=1S/C22H27NO4S/c1-17-8-12-21(13-9-17)28(25,26)23-20(14-24)11-10-18(2)22(23)16-27-15-19-6-4-3-5-7-19/h3-10,12-13,20,22,24H,11,14-16H2,1-2H3/t20-,22-/m1/s1. The van der Waals surface area contributed by atoms with Gasteiger partial charge in [0.25, 0.3) is 0 Å². The topological polar surface area (TPSA) is 66.8 Å². The molecule has 5 nitrogen and oxygen atoms in total. The van der Waals surface area contributed by atoms with Crippen molar-refractivity contribution in [1.82, 2.24) is 4.31 Å². The summed E-state index contributed by atoms with van der Waals surface area (Å²) in [4.78, 5) is 0.235. The lowest BCUT2D eigenvalue weighted by molar-refractivity contribution is 0.0640. The number of rotatable bonds is 7. The van der Waals surface area contributed by atoms with Crippen molar-refractivity contribution in [2.45, 2.75) is 43.9 Å². The van der Waals surface area contributed by atoms with Crippen molar-refractivity contribution < 1.29 is 18.3 Å². The number of ether oxygens (including phenoxy) is 1. The molecule has 0 bridgehead atoms. The van der Waals surface area contributed by atoms with E-state index in [0.29, 0.717) is 13.0 Å². The number of hydrogen-bond acceptors (Lipinski definition) is 4. The van der Waals surface area contributed by atoms with Gasteiger partial charge in [-0.25, -0.2) is 8.42 Å². The molecule has 2 aromatic rings. The molecule has 6 heteroatoms. The van der Waals surface area contributed by atoms with Crippen LogP contribution in [0.3, 0.4) is 0 Å². The molecule has 1 N–H and O–H groups in total. The third-order valence-corrected chi connectivity index (χ3v) is 7.07. The predicted molar refractivity (Wildman–Crippen MR) is 109 cm³/mol. The van der Waals surface area contributed by atoms with E-state index in [2.05, 4.69) is 0 Å². The van der Waals surface area contributed by atoms with Crippen LogP contribution in [0.2, 0.25) is 0 Å². The molecule has 0 aliphatic carbocycles. The van der Waals surface area contributed by atoms with E-state index in [-0.39, 0.29) is 18.1 Å². The summed E-state index contributed by atoms with van der Waals surface area (Å²) in [6, 6.07) is 15.6. The summed E-state index contributed by atoms with van der Waals surface area (Å²) >= 11 is 0. The molecule has 0 saturated carbocycles. The van der Waals surface area contributed by atoms with Gasteiger partial charge in [-0.15, -0.1) is 0 Å². The summed E-state index contributed by atoms with van der Waals surface area (Å²) in [6.07, 6.45) is 2.49. The highest BCUT2D eigenvalue weighted by molar-refractivity contribution is 7.89. The van der Waals surface area contributed by atoms with Crippen molar-refractivity contribution in [3.8, 4) is 0 Å². The van der Waals surface area contributed by atoms with E-state index in [1.807, 2.05) is 50.3 Å². The summed E-state index contributed by atoms with van der Waals surface area (Å²) in [5.74, 6) is 0. The maximum absolute atomic E-state index is 13.4. The Morgan fingerprint density at radius 2 is 1.75 bits per heavy atom. The van der Waals surface area contributed by atoms with Gasteiger partial charge in [0.15, 0.2) is 0 Å². The van der Waals surface area contributed by atoms with Crippen molar-refractivity contribution >= 4 is 10.0 Å². The van der Waals surface area contributed by atoms with Gasteiger partial charge in [0.2, 0.25) is 10.0 Å². The molecule has 2 aromatic carbocycles. The first-order valence-electron chi connectivity index (χ1n) is 9.43. The van der Waals surface area contributed by atoms with Gasteiger partial charge in [0.1, 0.15) is 0 Å². The van der Waals surface area contributed by atoms with Gasteiger partial charge < -0.3 is 9.84 Å². The first-order chi connectivity index (χ1) is 13.4. The van der Waals surface area contributed by atoms with E-state index in [1.165, 1.54) is 4.31 Å². The van der Waals surface area contributed by atoms with Crippen LogP contribution in [0.15, 0.2) is 71.1 Å². The molecular formula is C22H27NO4S. The second kappa shape index (κ2) is 9.01. The van der Waals surface area contributed by atoms with Gasteiger partial charge >= 0.3 is 0 Å². The lowest BCUT2D eigenvalue weighted by atomic mass is 9.99. The molecule has 28 heavy (non-hydrogen) atoms. The molecule has 1 heterocycles. The zero-order valence-electron chi connectivity index (χ0n) is 16.3. The molecule has 0 spiro atoms. The Balaban J connectivity index is 1.85. The molecular weight excluding hydrogens is 374 g/mol. The zero-order valence-corrected chi connectivity index (χ0v) is 17.1. The molecule has 1 aliphatic heterocycles. The van der Waals surface area contributed by atoms with E-state index in [9.17, 15) is 13.5 Å². The molecule has 0 saturated heterocycles. The van der Waals surface area contributed by atoms with Crippen molar-refractivity contribution in [3.63, 3.8) is 0 Å². The second-order valence-corrected chi connectivity index (χ2v) is 9.03. The van der Waals surface area contributed by atoms with Crippen molar-refractivity contribution in [2.75, 3.05) is 13.2 Å². The maximum Gasteiger partial charge on any atom is 0.244 e. The van der Waals surface area contributed by atoms with Gasteiger partial charge in [0.05, 0.1) is 36.8 Å². The number of aliphatic hydroxyl groups is 1. The molecule has 0 fully saturated rings. The lowest BCUT2D eigenvalue weighted by Gasteiger charge is -2.39. The quantitative estimate of drug-likeness (QED) is 0.723. The maximum atomic E-state index is 13.4. The normalized spacial score (nSPS) is 20.8. The number of aliphatic hydroxyl groups excluding tert-OH is 1. The van der Waals surface area contributed by atoms with E-state index in [0.717, 1.165) is 16.7 Å². The minimum atomic E-state index is -3.76. The fourth-order valence-electron chi connectivity index (χ4n) is 3.44. The first kappa shape index (κ1) is 20.7. The summed E-state index contributed by atoms with van der Waals surface area (Å²) in [5, 5.41) is 9.85. The minimum absolute atomic E-state index is 0.232. The predicted octanol–water partition coefficient (Wildman–Crippen LogP) is 3.28. The highest BCUT2D eigenvalue weighted by atomic mass is 32.2. The third-order valence-electron chi connectivity index (χ3n) is 5.10. The Kier molecular flexibility index (Phi) is 6.67. The molecule has 1 aliphatic rings. The smallest absolute Gasteiger partial charge is 0.244 e. The molecule has 0 aromatic heterocycles. The van der Waals surface area contributed by atoms with Gasteiger partial charge in [-0.2, -0.15) is 4.31 Å². The minimum Gasteiger partial charge on any atom is -0.395 e. The van der Waals surface area contributed by atoms with Crippen LogP contribution in [0, 0.1) is 6.92 Å². The monoisotopic (exact) mass is 401 g/mol. The van der Waals surface area contributed by atoms with Gasteiger partial charge in [-0.1, -0.05) is 59.7 Å². The summed E-state index contributed by atoms with van der Waals surface area (Å²) < 4.78 is 34.1. The Bertz CT molecular complexity index is 907. The fourth-order valence-corrected chi connectivity index (χ4v) is 5.27. The van der Waals surface area contributed by atoms with Crippen LogP contribution < -0.4 is 0 Å². The van der Waals surface area contributed by atoms with Gasteiger partial charge in [-0.3, -0.25) is 0 Å². The Hall–Kier alpha value is -1.99. The number of hydrogen-bond donors (Lipinski definition) is 1. The van der Waals surface area contributed by atoms with Crippen LogP contribution in [-0.4, -0.2) is 43.1 Å². The summed E-state index contributed by atoms with van der Waals surface area (Å²) in [6.45, 7) is 4.25. The van der Waals surface area contributed by atoms with Crippen LogP contribution in [0.4, 0.5) is 0 Å². The summed E-state index contributed by atoms with van der Waals surface area (Å²) in [5.41, 5.74) is 2.97. The van der Waals surface area contributed by atoms with Crippen LogP contribution >= 0.6 is 0 Å². The average molecular weight is 402 g/mol. The van der Waals surface area contributed by atoms with E-state index >= 15 is 0 Å². The zero-order chi connectivity index (χ0) is 20.1. The Labute approximate surface area is 167 Å². The van der Waals surface area contributed by atoms with E-state index in [1.54, 1.807) is 24.3 Å². The van der Waals surface area contributed by atoms with Crippen molar-refractivity contribution in [1.29, 1.82) is 0 Å². The van der Waals surface area contributed by atoms with Crippen LogP contribution in [0.25, 0.3) is 0 Å². The highest BCUT2D eigenvalue weighted by Gasteiger charge is 2.39. The number of benzene rings is 2. The highest BCUT2D eigenvalue weighted by Crippen LogP contribution is 2.30. The van der Waals surface area contributed by atoms with Crippen molar-refractivity contribution in [3.05, 3.63) is 77.4 Å². The SMILES string of the molecule is CC1=CC[C@H](CO)N(S(=O)(=O)c2ccc(C)cc2)[C@@H]1COCc1ccccc1. The fraction of sp³-hybridized carbons (Fsp3) is 0.364. The van der Waals surface area contributed by atoms with Gasteiger partial charge in [0, 0.05) is 0 Å². The van der Waals surface area contributed by atoms with Crippen LogP contribution in [-0.2, 0) is 21.4 Å². The number of nitrogens with zero attached hydrogens (tertiary/aromatic N) is 1. The first-order valence-corrected chi connectivity index (χ1v) is 10.9. The summed E-state index contributed by atoms with van der Waals surface area (Å²) in [7, 11) is -3.76. The molecule has 0 radical (unpaired) electrons. The molecule has 0 amide bonds. The Morgan fingerprint density at radius 3 is 2.39 bits per heavy atom.